The van der Waals surface area contributed by atoms with E-state index in [1.54, 1.807) is 0 Å². The van der Waals surface area contributed by atoms with Crippen molar-refractivity contribution in [2.24, 2.45) is 11.7 Å². The predicted octanol–water partition coefficient (Wildman–Crippen LogP) is 2.55. The van der Waals surface area contributed by atoms with E-state index in [1.807, 2.05) is 18.5 Å². The van der Waals surface area contributed by atoms with Crippen molar-refractivity contribution in [3.05, 3.63) is 17.0 Å². The molecule has 5 nitrogen and oxygen atoms in total. The highest BCUT2D eigenvalue weighted by atomic mass is 16.1. The van der Waals surface area contributed by atoms with Crippen LogP contribution in [0.1, 0.15) is 67.2 Å². The largest absolute Gasteiger partial charge is 0.348 e. The molecule has 1 aromatic heterocycles. The number of nitrogens with two attached hydrogens (primary N) is 1. The molecule has 1 heterocycles. The van der Waals surface area contributed by atoms with Crippen LogP contribution in [-0.4, -0.2) is 28.3 Å². The van der Waals surface area contributed by atoms with Gasteiger partial charge >= 0.3 is 0 Å². The van der Waals surface area contributed by atoms with Gasteiger partial charge < -0.3 is 11.1 Å². The molecular formula is C17H30N4O. The van der Waals surface area contributed by atoms with Crippen molar-refractivity contribution in [3.8, 4) is 0 Å². The van der Waals surface area contributed by atoms with Crippen molar-refractivity contribution in [2.45, 2.75) is 71.9 Å². The molecule has 1 amide bonds. The maximum absolute atomic E-state index is 12.7. The van der Waals surface area contributed by atoms with Gasteiger partial charge in [-0.3, -0.25) is 9.48 Å². The second kappa shape index (κ2) is 7.77. The van der Waals surface area contributed by atoms with Crippen LogP contribution in [-0.2, 0) is 6.54 Å². The molecule has 2 rings (SSSR count). The Morgan fingerprint density at radius 1 is 1.36 bits per heavy atom. The van der Waals surface area contributed by atoms with Crippen molar-refractivity contribution in [3.63, 3.8) is 0 Å². The molecule has 1 aliphatic rings. The lowest BCUT2D eigenvalue weighted by Gasteiger charge is -2.30. The third-order valence-corrected chi connectivity index (χ3v) is 4.83. The fourth-order valence-electron chi connectivity index (χ4n) is 3.60. The third kappa shape index (κ3) is 3.69. The van der Waals surface area contributed by atoms with Gasteiger partial charge in [-0.25, -0.2) is 0 Å². The quantitative estimate of drug-likeness (QED) is 0.848. The average molecular weight is 306 g/mol. The zero-order valence-corrected chi connectivity index (χ0v) is 14.2. The molecule has 0 saturated heterocycles. The van der Waals surface area contributed by atoms with Crippen molar-refractivity contribution >= 4 is 5.91 Å². The van der Waals surface area contributed by atoms with Gasteiger partial charge in [-0.2, -0.15) is 5.10 Å². The molecule has 124 valence electrons. The van der Waals surface area contributed by atoms with Gasteiger partial charge in [0, 0.05) is 24.8 Å². The molecule has 1 unspecified atom stereocenters. The summed E-state index contributed by atoms with van der Waals surface area (Å²) in [5.74, 6) is 0.507. The van der Waals surface area contributed by atoms with Crippen LogP contribution in [0.2, 0.25) is 0 Å². The summed E-state index contributed by atoms with van der Waals surface area (Å²) in [6, 6.07) is 0.0844. The molecule has 0 aliphatic heterocycles. The summed E-state index contributed by atoms with van der Waals surface area (Å²) >= 11 is 0. The van der Waals surface area contributed by atoms with E-state index < -0.39 is 0 Å². The summed E-state index contributed by atoms with van der Waals surface area (Å²) in [5, 5.41) is 7.66. The predicted molar refractivity (Wildman–Crippen MR) is 88.9 cm³/mol. The number of hydrogen-bond acceptors (Lipinski definition) is 3. The second-order valence-corrected chi connectivity index (χ2v) is 6.48. The van der Waals surface area contributed by atoms with Crippen LogP contribution < -0.4 is 11.1 Å². The number of aryl methyl sites for hydroxylation is 2. The van der Waals surface area contributed by atoms with Gasteiger partial charge in [0.15, 0.2) is 0 Å². The van der Waals surface area contributed by atoms with Gasteiger partial charge in [0.25, 0.3) is 5.91 Å². The van der Waals surface area contributed by atoms with E-state index in [0.717, 1.165) is 29.9 Å². The number of nitrogens with one attached hydrogen (secondary N) is 1. The van der Waals surface area contributed by atoms with E-state index >= 15 is 0 Å². The van der Waals surface area contributed by atoms with Gasteiger partial charge in [-0.1, -0.05) is 26.2 Å². The molecule has 1 atom stereocenters. The lowest BCUT2D eigenvalue weighted by atomic mass is 9.84. The number of carbonyl (C=O) groups is 1. The van der Waals surface area contributed by atoms with Crippen molar-refractivity contribution in [2.75, 3.05) is 6.54 Å². The summed E-state index contributed by atoms with van der Waals surface area (Å²) in [6.45, 7) is 7.36. The molecule has 0 spiro atoms. The summed E-state index contributed by atoms with van der Waals surface area (Å²) in [7, 11) is 0. The number of amides is 1. The summed E-state index contributed by atoms with van der Waals surface area (Å²) in [6.07, 6.45) is 7.18. The molecule has 22 heavy (non-hydrogen) atoms. The Morgan fingerprint density at radius 2 is 2.05 bits per heavy atom. The monoisotopic (exact) mass is 306 g/mol. The lowest BCUT2D eigenvalue weighted by molar-refractivity contribution is 0.0914. The van der Waals surface area contributed by atoms with E-state index in [9.17, 15) is 4.79 Å². The Kier molecular flexibility index (Phi) is 6.00. The molecule has 0 bridgehead atoms. The first kappa shape index (κ1) is 17.0. The number of carbonyl (C=O) groups excluding carboxylic acids is 1. The van der Waals surface area contributed by atoms with E-state index in [0.29, 0.717) is 12.5 Å². The lowest BCUT2D eigenvalue weighted by Crippen LogP contribution is -2.46. The van der Waals surface area contributed by atoms with Crippen LogP contribution in [0, 0.1) is 19.8 Å². The molecule has 0 radical (unpaired) electrons. The van der Waals surface area contributed by atoms with Gasteiger partial charge in [-0.05, 0) is 39.0 Å². The molecule has 1 aromatic rings. The molecule has 1 aliphatic carbocycles. The van der Waals surface area contributed by atoms with Crippen LogP contribution in [0.4, 0.5) is 0 Å². The fraction of sp³-hybridized carbons (Fsp3) is 0.765. The van der Waals surface area contributed by atoms with E-state index in [1.165, 1.54) is 32.1 Å². The number of aromatic nitrogens is 2. The Morgan fingerprint density at radius 3 is 2.64 bits per heavy atom. The van der Waals surface area contributed by atoms with Gasteiger partial charge in [-0.15, -0.1) is 0 Å². The highest BCUT2D eigenvalue weighted by molar-refractivity contribution is 5.96. The zero-order chi connectivity index (χ0) is 16.1. The van der Waals surface area contributed by atoms with Gasteiger partial charge in [0.2, 0.25) is 0 Å². The minimum atomic E-state index is -0.0154. The minimum Gasteiger partial charge on any atom is -0.348 e. The number of rotatable bonds is 6. The average Bonchev–Trinajstić information content (AvgIpc) is 2.80. The number of nitrogens with zero attached hydrogens (tertiary/aromatic N) is 2. The maximum atomic E-state index is 12.7. The Labute approximate surface area is 133 Å². The van der Waals surface area contributed by atoms with Crippen LogP contribution in [0.3, 0.4) is 0 Å². The fourth-order valence-corrected chi connectivity index (χ4v) is 3.60. The third-order valence-electron chi connectivity index (χ3n) is 4.83. The Balaban J connectivity index is 2.10. The topological polar surface area (TPSA) is 72.9 Å². The first-order valence-electron chi connectivity index (χ1n) is 8.63. The molecule has 1 fully saturated rings. The first-order valence-corrected chi connectivity index (χ1v) is 8.63. The molecule has 5 heteroatoms. The second-order valence-electron chi connectivity index (χ2n) is 6.48. The molecular weight excluding hydrogens is 276 g/mol. The standard InChI is InChI=1S/C17H30N4O/c1-4-10-21-13(3)16(12(2)20-21)17(22)19-15(11-18)14-8-6-5-7-9-14/h14-15H,4-11,18H2,1-3H3,(H,19,22). The molecule has 0 aromatic carbocycles. The maximum Gasteiger partial charge on any atom is 0.255 e. The van der Waals surface area contributed by atoms with Crippen LogP contribution >= 0.6 is 0 Å². The SMILES string of the molecule is CCCn1nc(C)c(C(=O)NC(CN)C2CCCCC2)c1C. The van der Waals surface area contributed by atoms with Gasteiger partial charge in [0.05, 0.1) is 11.3 Å². The highest BCUT2D eigenvalue weighted by Crippen LogP contribution is 2.26. The smallest absolute Gasteiger partial charge is 0.255 e. The van der Waals surface area contributed by atoms with E-state index in [2.05, 4.69) is 17.3 Å². The van der Waals surface area contributed by atoms with Crippen LogP contribution in [0.15, 0.2) is 0 Å². The summed E-state index contributed by atoms with van der Waals surface area (Å²) < 4.78 is 1.93. The van der Waals surface area contributed by atoms with Crippen LogP contribution in [0.5, 0.6) is 0 Å². The Hall–Kier alpha value is -1.36. The normalized spacial score (nSPS) is 17.5. The van der Waals surface area contributed by atoms with Crippen molar-refractivity contribution in [1.82, 2.24) is 15.1 Å². The number of hydrogen-bond donors (Lipinski definition) is 2. The summed E-state index contributed by atoms with van der Waals surface area (Å²) in [5.41, 5.74) is 8.41. The van der Waals surface area contributed by atoms with E-state index in [4.69, 9.17) is 5.73 Å². The molecule has 1 saturated carbocycles. The van der Waals surface area contributed by atoms with Crippen molar-refractivity contribution < 1.29 is 4.79 Å². The molecule has 3 N–H and O–H groups in total. The Bertz CT molecular complexity index is 503. The highest BCUT2D eigenvalue weighted by Gasteiger charge is 2.26. The first-order chi connectivity index (χ1) is 10.6. The van der Waals surface area contributed by atoms with E-state index in [-0.39, 0.29) is 11.9 Å². The minimum absolute atomic E-state index is 0.0154. The van der Waals surface area contributed by atoms with Crippen molar-refractivity contribution in [1.29, 1.82) is 0 Å². The zero-order valence-electron chi connectivity index (χ0n) is 14.2. The summed E-state index contributed by atoms with van der Waals surface area (Å²) in [4.78, 5) is 12.7. The van der Waals surface area contributed by atoms with Crippen LogP contribution in [0.25, 0.3) is 0 Å². The van der Waals surface area contributed by atoms with Gasteiger partial charge in [0.1, 0.15) is 0 Å².